The fourth-order valence-corrected chi connectivity index (χ4v) is 3.37. The minimum atomic E-state index is 0.0384. The van der Waals surface area contributed by atoms with Gasteiger partial charge in [-0.25, -0.2) is 4.98 Å². The Morgan fingerprint density at radius 3 is 2.57 bits per heavy atom. The van der Waals surface area contributed by atoms with Gasteiger partial charge in [-0.2, -0.15) is 0 Å². The van der Waals surface area contributed by atoms with Crippen molar-refractivity contribution < 1.29 is 9.32 Å². The Labute approximate surface area is 129 Å². The van der Waals surface area contributed by atoms with Crippen LogP contribution in [0, 0.1) is 20.8 Å². The Kier molecular flexibility index (Phi) is 4.77. The zero-order valence-electron chi connectivity index (χ0n) is 13.2. The summed E-state index contributed by atoms with van der Waals surface area (Å²) in [6.07, 6.45) is 2.08. The number of rotatable bonds is 5. The molecule has 2 aromatic rings. The highest BCUT2D eigenvalue weighted by molar-refractivity contribution is 7.17. The maximum atomic E-state index is 12.5. The first-order chi connectivity index (χ1) is 9.95. The van der Waals surface area contributed by atoms with Crippen molar-refractivity contribution in [2.75, 3.05) is 13.6 Å². The van der Waals surface area contributed by atoms with E-state index in [1.54, 1.807) is 4.90 Å². The van der Waals surface area contributed by atoms with Crippen LogP contribution in [0.4, 0.5) is 0 Å². The van der Waals surface area contributed by atoms with Crippen LogP contribution >= 0.6 is 11.3 Å². The number of amides is 1. The molecular weight excluding hydrogens is 286 g/mol. The zero-order chi connectivity index (χ0) is 15.6. The molecule has 0 fully saturated rings. The number of aryl methyl sites for hydroxylation is 3. The van der Waals surface area contributed by atoms with E-state index in [0.717, 1.165) is 47.1 Å². The van der Waals surface area contributed by atoms with Crippen LogP contribution in [0.25, 0.3) is 10.6 Å². The Bertz CT molecular complexity index is 626. The van der Waals surface area contributed by atoms with E-state index in [-0.39, 0.29) is 5.91 Å². The third-order valence-corrected chi connectivity index (χ3v) is 4.59. The molecule has 2 heterocycles. The lowest BCUT2D eigenvalue weighted by molar-refractivity contribution is 0.0797. The van der Waals surface area contributed by atoms with Crippen LogP contribution in [0.15, 0.2) is 4.52 Å². The van der Waals surface area contributed by atoms with Crippen molar-refractivity contribution in [1.29, 1.82) is 0 Å². The molecule has 2 aromatic heterocycles. The number of thiazole rings is 1. The van der Waals surface area contributed by atoms with Crippen molar-refractivity contribution in [3.63, 3.8) is 0 Å². The van der Waals surface area contributed by atoms with Gasteiger partial charge in [0.05, 0.1) is 17.0 Å². The van der Waals surface area contributed by atoms with E-state index in [9.17, 15) is 4.79 Å². The highest BCUT2D eigenvalue weighted by Crippen LogP contribution is 2.32. The Hall–Kier alpha value is -1.69. The van der Waals surface area contributed by atoms with Gasteiger partial charge in [-0.05, 0) is 27.2 Å². The lowest BCUT2D eigenvalue weighted by Gasteiger charge is -2.15. The first-order valence-electron chi connectivity index (χ1n) is 7.11. The lowest BCUT2D eigenvalue weighted by Crippen LogP contribution is -2.27. The third kappa shape index (κ3) is 3.15. The van der Waals surface area contributed by atoms with Crippen molar-refractivity contribution >= 4 is 17.2 Å². The van der Waals surface area contributed by atoms with Gasteiger partial charge >= 0.3 is 0 Å². The molecule has 5 nitrogen and oxygen atoms in total. The van der Waals surface area contributed by atoms with Gasteiger partial charge in [-0.1, -0.05) is 18.5 Å². The predicted molar refractivity (Wildman–Crippen MR) is 83.7 cm³/mol. The number of unbranched alkanes of at least 4 members (excludes halogenated alkanes) is 1. The van der Waals surface area contributed by atoms with E-state index < -0.39 is 0 Å². The van der Waals surface area contributed by atoms with Crippen LogP contribution in [-0.4, -0.2) is 34.5 Å². The fourth-order valence-electron chi connectivity index (χ4n) is 2.16. The van der Waals surface area contributed by atoms with Crippen molar-refractivity contribution in [2.45, 2.75) is 40.5 Å². The Morgan fingerprint density at radius 2 is 2.00 bits per heavy atom. The lowest BCUT2D eigenvalue weighted by atomic mass is 10.2. The summed E-state index contributed by atoms with van der Waals surface area (Å²) in [6, 6.07) is 0. The minimum Gasteiger partial charge on any atom is -0.361 e. The van der Waals surface area contributed by atoms with Gasteiger partial charge in [0.2, 0.25) is 0 Å². The summed E-state index contributed by atoms with van der Waals surface area (Å²) < 4.78 is 5.18. The molecule has 0 N–H and O–H groups in total. The van der Waals surface area contributed by atoms with Gasteiger partial charge in [0, 0.05) is 13.6 Å². The van der Waals surface area contributed by atoms with E-state index >= 15 is 0 Å². The average Bonchev–Trinajstić information content (AvgIpc) is 2.98. The molecule has 0 aliphatic heterocycles. The van der Waals surface area contributed by atoms with Crippen LogP contribution in [-0.2, 0) is 0 Å². The van der Waals surface area contributed by atoms with E-state index in [1.807, 2.05) is 27.8 Å². The Balaban J connectivity index is 2.30. The van der Waals surface area contributed by atoms with Crippen molar-refractivity contribution in [2.24, 2.45) is 0 Å². The number of carbonyl (C=O) groups excluding carboxylic acids is 1. The van der Waals surface area contributed by atoms with E-state index in [2.05, 4.69) is 17.1 Å². The molecule has 0 unspecified atom stereocenters. The van der Waals surface area contributed by atoms with Gasteiger partial charge in [-0.15, -0.1) is 11.3 Å². The number of aromatic nitrogens is 2. The summed E-state index contributed by atoms with van der Waals surface area (Å²) >= 11 is 1.41. The van der Waals surface area contributed by atoms with Gasteiger partial charge in [0.1, 0.15) is 15.6 Å². The minimum absolute atomic E-state index is 0.0384. The molecule has 0 aromatic carbocycles. The molecule has 0 aliphatic rings. The molecule has 2 rings (SSSR count). The van der Waals surface area contributed by atoms with E-state index in [1.165, 1.54) is 11.3 Å². The summed E-state index contributed by atoms with van der Waals surface area (Å²) in [5.74, 6) is 0.774. The number of carbonyl (C=O) groups is 1. The average molecular weight is 307 g/mol. The van der Waals surface area contributed by atoms with Gasteiger partial charge in [-0.3, -0.25) is 4.79 Å². The molecule has 0 saturated carbocycles. The van der Waals surface area contributed by atoms with Crippen LogP contribution in [0.5, 0.6) is 0 Å². The molecule has 114 valence electrons. The van der Waals surface area contributed by atoms with Crippen LogP contribution in [0.2, 0.25) is 0 Å². The number of nitrogens with zero attached hydrogens (tertiary/aromatic N) is 3. The van der Waals surface area contributed by atoms with Gasteiger partial charge < -0.3 is 9.42 Å². The van der Waals surface area contributed by atoms with E-state index in [4.69, 9.17) is 4.52 Å². The number of hydrogen-bond donors (Lipinski definition) is 0. The summed E-state index contributed by atoms with van der Waals surface area (Å²) in [7, 11) is 1.84. The first-order valence-corrected chi connectivity index (χ1v) is 7.93. The topological polar surface area (TPSA) is 59.2 Å². The van der Waals surface area contributed by atoms with Crippen molar-refractivity contribution in [3.8, 4) is 10.6 Å². The molecule has 6 heteroatoms. The summed E-state index contributed by atoms with van der Waals surface area (Å²) in [5, 5.41) is 4.75. The number of hydrogen-bond acceptors (Lipinski definition) is 5. The normalized spacial score (nSPS) is 10.9. The van der Waals surface area contributed by atoms with Crippen molar-refractivity contribution in [1.82, 2.24) is 15.0 Å². The van der Waals surface area contributed by atoms with Gasteiger partial charge in [0.25, 0.3) is 5.91 Å². The monoisotopic (exact) mass is 307 g/mol. The second-order valence-corrected chi connectivity index (χ2v) is 6.21. The quantitative estimate of drug-likeness (QED) is 0.847. The SMILES string of the molecule is CCCCN(C)C(=O)c1sc(-c2c(C)noc2C)nc1C. The highest BCUT2D eigenvalue weighted by atomic mass is 32.1. The zero-order valence-corrected chi connectivity index (χ0v) is 14.0. The second-order valence-electron chi connectivity index (χ2n) is 5.21. The summed E-state index contributed by atoms with van der Waals surface area (Å²) in [4.78, 5) is 19.5. The van der Waals surface area contributed by atoms with Crippen LogP contribution < -0.4 is 0 Å². The predicted octanol–water partition coefficient (Wildman–Crippen LogP) is 3.60. The smallest absolute Gasteiger partial charge is 0.265 e. The maximum Gasteiger partial charge on any atom is 0.265 e. The molecule has 0 aliphatic carbocycles. The standard InChI is InChI=1S/C15H21N3O2S/c1-6-7-8-18(5)15(19)13-10(3)16-14(21-13)12-9(2)17-20-11(12)4/h6-8H2,1-5H3. The summed E-state index contributed by atoms with van der Waals surface area (Å²) in [6.45, 7) is 8.51. The third-order valence-electron chi connectivity index (χ3n) is 3.43. The largest absolute Gasteiger partial charge is 0.361 e. The van der Waals surface area contributed by atoms with Crippen molar-refractivity contribution in [3.05, 3.63) is 22.0 Å². The molecule has 21 heavy (non-hydrogen) atoms. The molecule has 1 amide bonds. The van der Waals surface area contributed by atoms with Gasteiger partial charge in [0.15, 0.2) is 0 Å². The summed E-state index contributed by atoms with van der Waals surface area (Å²) in [5.41, 5.74) is 2.47. The molecule has 0 atom stereocenters. The van der Waals surface area contributed by atoms with E-state index in [0.29, 0.717) is 4.88 Å². The molecule has 0 saturated heterocycles. The van der Waals surface area contributed by atoms with Crippen LogP contribution in [0.1, 0.15) is 46.6 Å². The fraction of sp³-hybridized carbons (Fsp3) is 0.533. The molecule has 0 radical (unpaired) electrons. The molecular formula is C15H21N3O2S. The first kappa shape index (κ1) is 15.7. The second kappa shape index (κ2) is 6.39. The molecule has 0 bridgehead atoms. The van der Waals surface area contributed by atoms with Crippen LogP contribution in [0.3, 0.4) is 0 Å². The Morgan fingerprint density at radius 1 is 1.29 bits per heavy atom. The molecule has 0 spiro atoms. The maximum absolute atomic E-state index is 12.5. The highest BCUT2D eigenvalue weighted by Gasteiger charge is 2.22.